The van der Waals surface area contributed by atoms with Crippen LogP contribution in [-0.4, -0.2) is 9.55 Å². The fourth-order valence-electron chi connectivity index (χ4n) is 3.58. The van der Waals surface area contributed by atoms with Gasteiger partial charge in [0.25, 0.3) is 0 Å². The summed E-state index contributed by atoms with van der Waals surface area (Å²) in [5.74, 6) is 0. The zero-order valence-corrected chi connectivity index (χ0v) is 12.9. The first-order valence-corrected chi connectivity index (χ1v) is 7.89. The molecular weight excluding hydrogens is 280 g/mol. The van der Waals surface area contributed by atoms with E-state index in [1.165, 1.54) is 44.0 Å². The summed E-state index contributed by atoms with van der Waals surface area (Å²) in [4.78, 5) is 3.59. The van der Waals surface area contributed by atoms with Crippen LogP contribution < -0.4 is 0 Å². The molecule has 0 aliphatic rings. The molecule has 0 spiro atoms. The summed E-state index contributed by atoms with van der Waals surface area (Å²) < 4.78 is 2.27. The fourth-order valence-corrected chi connectivity index (χ4v) is 3.58. The first-order chi connectivity index (χ1) is 11.3. The predicted molar refractivity (Wildman–Crippen MR) is 97.4 cm³/mol. The molecule has 0 atom stereocenters. The molecule has 2 aromatic heterocycles. The Morgan fingerprint density at radius 1 is 0.739 bits per heavy atom. The number of aromatic amines is 1. The van der Waals surface area contributed by atoms with Crippen molar-refractivity contribution in [2.24, 2.45) is 0 Å². The standard InChI is InChI=1S/C21H16N2/c1-14-6-2-5-9-19(14)23-13-12-17-20(23)11-10-16-15-7-3-4-8-18(15)22-21(16)17/h2-13,22H,1H3. The minimum atomic E-state index is 1.19. The maximum atomic E-state index is 3.59. The third kappa shape index (κ3) is 1.69. The number of para-hydroxylation sites is 2. The Labute approximate surface area is 134 Å². The SMILES string of the molecule is Cc1ccccc1-n1ccc2c3[nH]c4ccccc4c3ccc21. The van der Waals surface area contributed by atoms with E-state index in [4.69, 9.17) is 0 Å². The van der Waals surface area contributed by atoms with Gasteiger partial charge >= 0.3 is 0 Å². The normalized spacial score (nSPS) is 11.7. The van der Waals surface area contributed by atoms with Crippen LogP contribution in [0.3, 0.4) is 0 Å². The largest absolute Gasteiger partial charge is 0.354 e. The molecule has 0 amide bonds. The molecule has 0 unspecified atom stereocenters. The molecule has 0 bridgehead atoms. The highest BCUT2D eigenvalue weighted by Gasteiger charge is 2.11. The number of hydrogen-bond acceptors (Lipinski definition) is 0. The third-order valence-electron chi connectivity index (χ3n) is 4.72. The molecule has 5 aromatic rings. The topological polar surface area (TPSA) is 20.7 Å². The maximum Gasteiger partial charge on any atom is 0.0560 e. The minimum absolute atomic E-state index is 1.19. The lowest BCUT2D eigenvalue weighted by molar-refractivity contribution is 1.10. The van der Waals surface area contributed by atoms with Crippen LogP contribution in [0, 0.1) is 6.92 Å². The lowest BCUT2D eigenvalue weighted by Gasteiger charge is -2.08. The second kappa shape index (κ2) is 4.50. The van der Waals surface area contributed by atoms with Gasteiger partial charge < -0.3 is 9.55 Å². The van der Waals surface area contributed by atoms with Gasteiger partial charge in [-0.05, 0) is 36.8 Å². The second-order valence-electron chi connectivity index (χ2n) is 6.06. The number of nitrogens with zero attached hydrogens (tertiary/aromatic N) is 1. The highest BCUT2D eigenvalue weighted by atomic mass is 15.0. The summed E-state index contributed by atoms with van der Waals surface area (Å²) >= 11 is 0. The number of nitrogens with one attached hydrogen (secondary N) is 1. The third-order valence-corrected chi connectivity index (χ3v) is 4.72. The molecule has 0 radical (unpaired) electrons. The lowest BCUT2D eigenvalue weighted by atomic mass is 10.1. The number of aryl methyl sites for hydroxylation is 1. The van der Waals surface area contributed by atoms with Crippen molar-refractivity contribution in [3.63, 3.8) is 0 Å². The molecule has 5 rings (SSSR count). The summed E-state index contributed by atoms with van der Waals surface area (Å²) in [6.45, 7) is 2.16. The Morgan fingerprint density at radius 2 is 1.57 bits per heavy atom. The zero-order chi connectivity index (χ0) is 15.4. The first-order valence-electron chi connectivity index (χ1n) is 7.89. The molecule has 110 valence electrons. The van der Waals surface area contributed by atoms with Crippen LogP contribution in [0.1, 0.15) is 5.56 Å². The first kappa shape index (κ1) is 12.5. The molecular formula is C21H16N2. The van der Waals surface area contributed by atoms with E-state index in [1.54, 1.807) is 0 Å². The predicted octanol–water partition coefficient (Wildman–Crippen LogP) is 5.57. The van der Waals surface area contributed by atoms with Crippen LogP contribution in [-0.2, 0) is 0 Å². The Morgan fingerprint density at radius 3 is 2.48 bits per heavy atom. The van der Waals surface area contributed by atoms with Crippen LogP contribution in [0.2, 0.25) is 0 Å². The second-order valence-corrected chi connectivity index (χ2v) is 6.06. The number of rotatable bonds is 1. The van der Waals surface area contributed by atoms with E-state index < -0.39 is 0 Å². The molecule has 2 heterocycles. The van der Waals surface area contributed by atoms with Gasteiger partial charge in [-0.1, -0.05) is 42.5 Å². The molecule has 3 aromatic carbocycles. The van der Waals surface area contributed by atoms with E-state index in [2.05, 4.69) is 89.4 Å². The van der Waals surface area contributed by atoms with Crippen LogP contribution in [0.4, 0.5) is 0 Å². The summed E-state index contributed by atoms with van der Waals surface area (Å²) in [7, 11) is 0. The van der Waals surface area contributed by atoms with Gasteiger partial charge in [-0.3, -0.25) is 0 Å². The number of H-pyrrole nitrogens is 1. The van der Waals surface area contributed by atoms with Crippen molar-refractivity contribution in [1.29, 1.82) is 0 Å². The summed E-state index contributed by atoms with van der Waals surface area (Å²) in [5, 5.41) is 3.84. The number of fused-ring (bicyclic) bond motifs is 5. The van der Waals surface area contributed by atoms with Gasteiger partial charge in [0.1, 0.15) is 0 Å². The molecule has 0 saturated carbocycles. The van der Waals surface area contributed by atoms with E-state index in [0.717, 1.165) is 0 Å². The van der Waals surface area contributed by atoms with Gasteiger partial charge in [-0.15, -0.1) is 0 Å². The Hall–Kier alpha value is -3.00. The smallest absolute Gasteiger partial charge is 0.0560 e. The monoisotopic (exact) mass is 296 g/mol. The average molecular weight is 296 g/mol. The molecule has 23 heavy (non-hydrogen) atoms. The van der Waals surface area contributed by atoms with E-state index in [1.807, 2.05) is 0 Å². The fraction of sp³-hybridized carbons (Fsp3) is 0.0476. The van der Waals surface area contributed by atoms with Crippen molar-refractivity contribution in [3.05, 3.63) is 78.5 Å². The van der Waals surface area contributed by atoms with Gasteiger partial charge in [-0.25, -0.2) is 0 Å². The van der Waals surface area contributed by atoms with Gasteiger partial charge in [-0.2, -0.15) is 0 Å². The van der Waals surface area contributed by atoms with Gasteiger partial charge in [0.05, 0.1) is 11.0 Å². The Bertz CT molecular complexity index is 1170. The average Bonchev–Trinajstić information content (AvgIpc) is 3.16. The minimum Gasteiger partial charge on any atom is -0.354 e. The van der Waals surface area contributed by atoms with Crippen molar-refractivity contribution in [2.75, 3.05) is 0 Å². The highest BCUT2D eigenvalue weighted by Crippen LogP contribution is 2.33. The van der Waals surface area contributed by atoms with Crippen LogP contribution in [0.15, 0.2) is 72.9 Å². The van der Waals surface area contributed by atoms with Crippen LogP contribution in [0.25, 0.3) is 38.4 Å². The number of benzene rings is 3. The van der Waals surface area contributed by atoms with Gasteiger partial charge in [0, 0.05) is 33.6 Å². The summed E-state index contributed by atoms with van der Waals surface area (Å²) in [6, 6.07) is 23.7. The number of hydrogen-bond donors (Lipinski definition) is 1. The summed E-state index contributed by atoms with van der Waals surface area (Å²) in [6.07, 6.45) is 2.16. The van der Waals surface area contributed by atoms with Crippen molar-refractivity contribution >= 4 is 32.7 Å². The van der Waals surface area contributed by atoms with E-state index in [9.17, 15) is 0 Å². The Balaban J connectivity index is 1.89. The quantitative estimate of drug-likeness (QED) is 0.417. The van der Waals surface area contributed by atoms with E-state index in [0.29, 0.717) is 0 Å². The summed E-state index contributed by atoms with van der Waals surface area (Å²) in [5.41, 5.74) is 6.16. The Kier molecular flexibility index (Phi) is 2.45. The molecule has 2 heteroatoms. The maximum absolute atomic E-state index is 3.59. The molecule has 0 fully saturated rings. The van der Waals surface area contributed by atoms with Crippen LogP contribution >= 0.6 is 0 Å². The molecule has 0 aliphatic heterocycles. The molecule has 2 nitrogen and oxygen atoms in total. The molecule has 0 aliphatic carbocycles. The highest BCUT2D eigenvalue weighted by molar-refractivity contribution is 6.16. The van der Waals surface area contributed by atoms with Crippen molar-refractivity contribution in [1.82, 2.24) is 9.55 Å². The van der Waals surface area contributed by atoms with Crippen molar-refractivity contribution < 1.29 is 0 Å². The lowest BCUT2D eigenvalue weighted by Crippen LogP contribution is -1.94. The number of aromatic nitrogens is 2. The molecule has 1 N–H and O–H groups in total. The molecule has 0 saturated heterocycles. The zero-order valence-electron chi connectivity index (χ0n) is 12.9. The van der Waals surface area contributed by atoms with Crippen molar-refractivity contribution in [2.45, 2.75) is 6.92 Å². The van der Waals surface area contributed by atoms with E-state index in [-0.39, 0.29) is 0 Å². The van der Waals surface area contributed by atoms with Crippen LogP contribution in [0.5, 0.6) is 0 Å². The van der Waals surface area contributed by atoms with Crippen molar-refractivity contribution in [3.8, 4) is 5.69 Å². The van der Waals surface area contributed by atoms with Gasteiger partial charge in [0.2, 0.25) is 0 Å². The van der Waals surface area contributed by atoms with E-state index >= 15 is 0 Å². The van der Waals surface area contributed by atoms with Gasteiger partial charge in [0.15, 0.2) is 0 Å².